The summed E-state index contributed by atoms with van der Waals surface area (Å²) in [6.07, 6.45) is 1.30. The summed E-state index contributed by atoms with van der Waals surface area (Å²) < 4.78 is 11.1. The molecule has 7 heteroatoms. The van der Waals surface area contributed by atoms with Crippen LogP contribution in [0.5, 0.6) is 0 Å². The zero-order valence-corrected chi connectivity index (χ0v) is 14.0. The maximum atomic E-state index is 11.7. The summed E-state index contributed by atoms with van der Waals surface area (Å²) in [6, 6.07) is 0. The van der Waals surface area contributed by atoms with Crippen molar-refractivity contribution in [3.8, 4) is 0 Å². The lowest BCUT2D eigenvalue weighted by atomic mass is 9.93. The minimum absolute atomic E-state index is 0.0889. The van der Waals surface area contributed by atoms with Gasteiger partial charge in [-0.05, 0) is 13.3 Å². The maximum absolute atomic E-state index is 11.7. The minimum atomic E-state index is 0.0889. The zero-order chi connectivity index (χ0) is 14.9. The number of ether oxygens (including phenoxy) is 2. The van der Waals surface area contributed by atoms with Crippen molar-refractivity contribution in [2.45, 2.75) is 30.8 Å². The zero-order valence-electron chi connectivity index (χ0n) is 12.3. The van der Waals surface area contributed by atoms with Crippen molar-refractivity contribution in [3.63, 3.8) is 0 Å². The Morgan fingerprint density at radius 3 is 3.05 bits per heavy atom. The van der Waals surface area contributed by atoms with E-state index in [4.69, 9.17) is 9.47 Å². The predicted molar refractivity (Wildman–Crippen MR) is 83.7 cm³/mol. The van der Waals surface area contributed by atoms with Crippen LogP contribution in [0.15, 0.2) is 5.38 Å². The number of methoxy groups -OCH3 is 1. The van der Waals surface area contributed by atoms with E-state index in [1.165, 1.54) is 0 Å². The van der Waals surface area contributed by atoms with E-state index < -0.39 is 0 Å². The molecule has 1 aromatic rings. The maximum Gasteiger partial charge on any atom is 0.248 e. The minimum Gasteiger partial charge on any atom is -0.375 e. The number of amides is 1. The Kier molecular flexibility index (Phi) is 4.54. The standard InChI is InChI=1S/C14H20N2O3S2/c1-10-15-11(6-20-10)4-19-12-3-14(21-7-12)8-16(9-14)13(17)5-18-2/h6,12H,3-5,7-9H2,1-2H3/t12-/m0/s1. The molecule has 0 radical (unpaired) electrons. The number of aryl methyl sites for hydroxylation is 1. The first-order chi connectivity index (χ1) is 10.1. The van der Waals surface area contributed by atoms with Crippen molar-refractivity contribution in [3.05, 3.63) is 16.1 Å². The van der Waals surface area contributed by atoms with E-state index in [0.717, 1.165) is 36.0 Å². The van der Waals surface area contributed by atoms with Gasteiger partial charge < -0.3 is 14.4 Å². The predicted octanol–water partition coefficient (Wildman–Crippen LogP) is 1.70. The summed E-state index contributed by atoms with van der Waals surface area (Å²) in [6.45, 7) is 4.45. The van der Waals surface area contributed by atoms with Crippen molar-refractivity contribution >= 4 is 29.0 Å². The molecule has 1 atom stereocenters. The average molecular weight is 328 g/mol. The average Bonchev–Trinajstić information content (AvgIpc) is 3.01. The number of aromatic nitrogens is 1. The SMILES string of the molecule is COCC(=O)N1CC2(C[C@H](OCc3csc(C)n3)CS2)C1. The molecule has 2 aliphatic rings. The first kappa shape index (κ1) is 15.3. The summed E-state index contributed by atoms with van der Waals surface area (Å²) >= 11 is 3.60. The van der Waals surface area contributed by atoms with Gasteiger partial charge in [-0.2, -0.15) is 0 Å². The Balaban J connectivity index is 1.43. The molecule has 5 nitrogen and oxygen atoms in total. The van der Waals surface area contributed by atoms with Crippen LogP contribution in [-0.2, 0) is 20.9 Å². The molecule has 3 heterocycles. The normalized spacial score (nSPS) is 23.5. The number of hydrogen-bond acceptors (Lipinski definition) is 6. The van der Waals surface area contributed by atoms with Gasteiger partial charge in [-0.15, -0.1) is 23.1 Å². The number of rotatable bonds is 5. The fourth-order valence-electron chi connectivity index (χ4n) is 2.85. The summed E-state index contributed by atoms with van der Waals surface area (Å²) in [4.78, 5) is 18.0. The third-order valence-corrected chi connectivity index (χ3v) is 6.29. The number of hydrogen-bond donors (Lipinski definition) is 0. The molecule has 0 N–H and O–H groups in total. The second-order valence-electron chi connectivity index (χ2n) is 5.67. The fraction of sp³-hybridized carbons (Fsp3) is 0.714. The molecule has 3 rings (SSSR count). The highest BCUT2D eigenvalue weighted by Gasteiger charge is 2.50. The van der Waals surface area contributed by atoms with Crippen LogP contribution >= 0.6 is 23.1 Å². The van der Waals surface area contributed by atoms with Gasteiger partial charge >= 0.3 is 0 Å². The van der Waals surface area contributed by atoms with E-state index in [2.05, 4.69) is 10.4 Å². The van der Waals surface area contributed by atoms with E-state index in [9.17, 15) is 4.79 Å². The van der Waals surface area contributed by atoms with E-state index in [0.29, 0.717) is 6.61 Å². The van der Waals surface area contributed by atoms with Gasteiger partial charge in [0.25, 0.3) is 0 Å². The first-order valence-corrected chi connectivity index (χ1v) is 8.90. The van der Waals surface area contributed by atoms with Crippen LogP contribution in [-0.4, -0.2) is 59.2 Å². The van der Waals surface area contributed by atoms with Crippen LogP contribution in [0.4, 0.5) is 0 Å². The van der Waals surface area contributed by atoms with Crippen LogP contribution in [0, 0.1) is 6.92 Å². The Labute approximate surface area is 133 Å². The molecule has 21 heavy (non-hydrogen) atoms. The van der Waals surface area contributed by atoms with Gasteiger partial charge in [-0.25, -0.2) is 4.98 Å². The second-order valence-corrected chi connectivity index (χ2v) is 8.22. The molecule has 1 aromatic heterocycles. The largest absolute Gasteiger partial charge is 0.375 e. The number of nitrogens with zero attached hydrogens (tertiary/aromatic N) is 2. The lowest BCUT2D eigenvalue weighted by Crippen LogP contribution is -2.61. The molecular formula is C14H20N2O3S2. The Bertz CT molecular complexity index is 514. The number of carbonyl (C=O) groups is 1. The number of carbonyl (C=O) groups excluding carboxylic acids is 1. The lowest BCUT2D eigenvalue weighted by Gasteiger charge is -2.47. The van der Waals surface area contributed by atoms with Crippen LogP contribution in [0.25, 0.3) is 0 Å². The highest BCUT2D eigenvalue weighted by molar-refractivity contribution is 8.01. The van der Waals surface area contributed by atoms with Crippen molar-refractivity contribution in [1.82, 2.24) is 9.88 Å². The summed E-state index contributed by atoms with van der Waals surface area (Å²) in [7, 11) is 1.56. The molecular weight excluding hydrogens is 308 g/mol. The third kappa shape index (κ3) is 3.41. The second kappa shape index (κ2) is 6.24. The molecule has 0 saturated carbocycles. The van der Waals surface area contributed by atoms with Gasteiger partial charge in [0, 0.05) is 31.3 Å². The Hall–Kier alpha value is -0.630. The Morgan fingerprint density at radius 2 is 2.38 bits per heavy atom. The van der Waals surface area contributed by atoms with Crippen molar-refractivity contribution in [1.29, 1.82) is 0 Å². The third-order valence-electron chi connectivity index (χ3n) is 3.89. The van der Waals surface area contributed by atoms with Crippen molar-refractivity contribution in [2.24, 2.45) is 0 Å². The summed E-state index contributed by atoms with van der Waals surface area (Å²) in [5.74, 6) is 1.10. The molecule has 2 aliphatic heterocycles. The number of thioether (sulfide) groups is 1. The molecule has 0 aromatic carbocycles. The van der Waals surface area contributed by atoms with Crippen LogP contribution < -0.4 is 0 Å². The molecule has 0 aliphatic carbocycles. The fourth-order valence-corrected chi connectivity index (χ4v) is 5.00. The van der Waals surface area contributed by atoms with Crippen molar-refractivity contribution < 1.29 is 14.3 Å². The van der Waals surface area contributed by atoms with Gasteiger partial charge in [0.1, 0.15) is 6.61 Å². The van der Waals surface area contributed by atoms with Gasteiger partial charge in [0.15, 0.2) is 0 Å². The lowest BCUT2D eigenvalue weighted by molar-refractivity contribution is -0.140. The van der Waals surface area contributed by atoms with Crippen LogP contribution in [0.3, 0.4) is 0 Å². The van der Waals surface area contributed by atoms with Crippen LogP contribution in [0.1, 0.15) is 17.1 Å². The molecule has 0 bridgehead atoms. The first-order valence-electron chi connectivity index (χ1n) is 7.03. The van der Waals surface area contributed by atoms with Gasteiger partial charge in [-0.1, -0.05) is 0 Å². The van der Waals surface area contributed by atoms with E-state index >= 15 is 0 Å². The van der Waals surface area contributed by atoms with E-state index in [1.807, 2.05) is 23.6 Å². The van der Waals surface area contributed by atoms with Gasteiger partial charge in [-0.3, -0.25) is 4.79 Å². The molecule has 2 fully saturated rings. The quantitative estimate of drug-likeness (QED) is 0.823. The van der Waals surface area contributed by atoms with Crippen LogP contribution in [0.2, 0.25) is 0 Å². The molecule has 1 amide bonds. The van der Waals surface area contributed by atoms with Gasteiger partial charge in [0.2, 0.25) is 5.91 Å². The number of thiazole rings is 1. The van der Waals surface area contributed by atoms with E-state index in [-0.39, 0.29) is 23.4 Å². The van der Waals surface area contributed by atoms with Gasteiger partial charge in [0.05, 0.1) is 28.2 Å². The molecule has 1 spiro atoms. The molecule has 0 unspecified atom stereocenters. The smallest absolute Gasteiger partial charge is 0.248 e. The van der Waals surface area contributed by atoms with Crippen molar-refractivity contribution in [2.75, 3.05) is 32.6 Å². The topological polar surface area (TPSA) is 51.7 Å². The number of likely N-dealkylation sites (tertiary alicyclic amines) is 1. The van der Waals surface area contributed by atoms with E-state index in [1.54, 1.807) is 18.4 Å². The summed E-state index contributed by atoms with van der Waals surface area (Å²) in [5, 5.41) is 3.14. The molecule has 2 saturated heterocycles. The molecule has 116 valence electrons. The Morgan fingerprint density at radius 1 is 1.57 bits per heavy atom. The highest BCUT2D eigenvalue weighted by atomic mass is 32.2. The highest BCUT2D eigenvalue weighted by Crippen LogP contribution is 2.46. The monoisotopic (exact) mass is 328 g/mol. The summed E-state index contributed by atoms with van der Waals surface area (Å²) in [5.41, 5.74) is 1.02.